The second kappa shape index (κ2) is 12.1. The zero-order chi connectivity index (χ0) is 24.6. The smallest absolute Gasteiger partial charge is 0.329 e. The number of carboxylic acid groups (broad SMARTS) is 1. The molecule has 1 heterocycles. The van der Waals surface area contributed by atoms with Crippen LogP contribution >= 0.6 is 0 Å². The van der Waals surface area contributed by atoms with Crippen molar-refractivity contribution >= 4 is 5.97 Å². The van der Waals surface area contributed by atoms with Crippen LogP contribution in [0.1, 0.15) is 36.9 Å². The average molecular weight is 477 g/mol. The summed E-state index contributed by atoms with van der Waals surface area (Å²) in [5.41, 5.74) is 7.01. The predicted octanol–water partition coefficient (Wildman–Crippen LogP) is 5.62. The Kier molecular flexibility index (Phi) is 8.72. The van der Waals surface area contributed by atoms with Crippen LogP contribution in [0.2, 0.25) is 0 Å². The van der Waals surface area contributed by atoms with Crippen molar-refractivity contribution in [3.63, 3.8) is 0 Å². The van der Waals surface area contributed by atoms with Crippen molar-refractivity contribution in [1.29, 1.82) is 0 Å². The summed E-state index contributed by atoms with van der Waals surface area (Å²) in [6.07, 6.45) is 5.14. The Balaban J connectivity index is 1.60. The number of nitrogens with zero attached hydrogens (tertiary/aromatic N) is 2. The quantitative estimate of drug-likeness (QED) is 0.389. The highest BCUT2D eigenvalue weighted by molar-refractivity contribution is 5.83. The first kappa shape index (κ1) is 25.1. The van der Waals surface area contributed by atoms with E-state index in [4.69, 9.17) is 19.7 Å². The van der Waals surface area contributed by atoms with Gasteiger partial charge in [-0.2, -0.15) is 5.10 Å². The van der Waals surface area contributed by atoms with Crippen LogP contribution in [0.5, 0.6) is 0 Å². The third-order valence-electron chi connectivity index (χ3n) is 6.93. The molecule has 1 aliphatic carbocycles. The van der Waals surface area contributed by atoms with Gasteiger partial charge in [0.15, 0.2) is 0 Å². The number of hydrogen-bond acceptors (Lipinski definition) is 4. The fraction of sp³-hybridized carbons (Fsp3) is 0.448. The minimum absolute atomic E-state index is 0.208. The molecule has 6 nitrogen and oxygen atoms in total. The molecule has 1 saturated carbocycles. The van der Waals surface area contributed by atoms with Gasteiger partial charge in [0, 0.05) is 36.9 Å². The normalized spacial score (nSPS) is 18.0. The van der Waals surface area contributed by atoms with E-state index in [-0.39, 0.29) is 6.61 Å². The lowest BCUT2D eigenvalue weighted by molar-refractivity contribution is -0.142. The molecule has 0 unspecified atom stereocenters. The van der Waals surface area contributed by atoms with Crippen LogP contribution in [0.4, 0.5) is 0 Å². The summed E-state index contributed by atoms with van der Waals surface area (Å²) in [5, 5.41) is 14.0. The van der Waals surface area contributed by atoms with Gasteiger partial charge < -0.3 is 14.6 Å². The zero-order valence-electron chi connectivity index (χ0n) is 20.8. The van der Waals surface area contributed by atoms with E-state index in [9.17, 15) is 4.79 Å². The fourth-order valence-corrected chi connectivity index (χ4v) is 5.14. The Labute approximate surface area is 207 Å². The highest BCUT2D eigenvalue weighted by atomic mass is 16.5. The molecule has 0 saturated heterocycles. The van der Waals surface area contributed by atoms with Gasteiger partial charge in [-0.05, 0) is 50.0 Å². The number of rotatable bonds is 11. The van der Waals surface area contributed by atoms with Crippen molar-refractivity contribution < 1.29 is 19.4 Å². The van der Waals surface area contributed by atoms with Gasteiger partial charge in [0.2, 0.25) is 0 Å². The molecule has 6 heteroatoms. The summed E-state index contributed by atoms with van der Waals surface area (Å²) >= 11 is 0. The molecule has 0 amide bonds. The summed E-state index contributed by atoms with van der Waals surface area (Å²) in [6, 6.07) is 19.1. The average Bonchev–Trinajstić information content (AvgIpc) is 3.22. The monoisotopic (exact) mass is 476 g/mol. The number of benzene rings is 2. The molecule has 0 atom stereocenters. The molecule has 1 fully saturated rings. The van der Waals surface area contributed by atoms with Gasteiger partial charge in [-0.25, -0.2) is 4.79 Å². The highest BCUT2D eigenvalue weighted by Gasteiger charge is 2.26. The maximum atomic E-state index is 10.7. The van der Waals surface area contributed by atoms with Crippen molar-refractivity contribution in [2.24, 2.45) is 11.8 Å². The number of ether oxygens (including phenoxy) is 2. The van der Waals surface area contributed by atoms with E-state index in [0.717, 1.165) is 49.9 Å². The number of methoxy groups -OCH3 is 1. The Morgan fingerprint density at radius 1 is 1.03 bits per heavy atom. The van der Waals surface area contributed by atoms with Crippen LogP contribution < -0.4 is 0 Å². The first-order valence-electron chi connectivity index (χ1n) is 12.6. The molecule has 0 spiro atoms. The van der Waals surface area contributed by atoms with E-state index in [0.29, 0.717) is 25.0 Å². The minimum atomic E-state index is -0.903. The number of aromatic nitrogens is 2. The molecule has 35 heavy (non-hydrogen) atoms. The number of carboxylic acids is 1. The first-order chi connectivity index (χ1) is 17.0. The van der Waals surface area contributed by atoms with Crippen LogP contribution in [0.15, 0.2) is 54.6 Å². The minimum Gasteiger partial charge on any atom is -0.480 e. The van der Waals surface area contributed by atoms with E-state index in [2.05, 4.69) is 60.1 Å². The lowest BCUT2D eigenvalue weighted by Crippen LogP contribution is -2.24. The summed E-state index contributed by atoms with van der Waals surface area (Å²) in [7, 11) is 1.75. The van der Waals surface area contributed by atoms with Crippen LogP contribution in [-0.4, -0.2) is 47.8 Å². The third-order valence-corrected chi connectivity index (χ3v) is 6.93. The second-order valence-corrected chi connectivity index (χ2v) is 9.63. The highest BCUT2D eigenvalue weighted by Crippen LogP contribution is 2.37. The number of aryl methyl sites for hydroxylation is 1. The summed E-state index contributed by atoms with van der Waals surface area (Å²) in [6.45, 7) is 3.99. The number of carbonyl (C=O) groups is 1. The van der Waals surface area contributed by atoms with E-state index in [1.807, 2.05) is 6.07 Å². The van der Waals surface area contributed by atoms with Gasteiger partial charge in [0.05, 0.1) is 13.2 Å². The molecule has 1 aromatic heterocycles. The number of hydrogen-bond donors (Lipinski definition) is 1. The third kappa shape index (κ3) is 6.59. The topological polar surface area (TPSA) is 73.6 Å². The zero-order valence-corrected chi connectivity index (χ0v) is 20.8. The Morgan fingerprint density at radius 3 is 2.43 bits per heavy atom. The Hall–Kier alpha value is -2.96. The van der Waals surface area contributed by atoms with Crippen LogP contribution in [0.3, 0.4) is 0 Å². The number of aliphatic carboxylic acids is 1. The van der Waals surface area contributed by atoms with Crippen molar-refractivity contribution in [2.75, 3.05) is 26.9 Å². The molecule has 3 aromatic rings. The lowest BCUT2D eigenvalue weighted by atomic mass is 9.82. The van der Waals surface area contributed by atoms with Crippen molar-refractivity contribution in [3.05, 3.63) is 65.9 Å². The van der Waals surface area contributed by atoms with Gasteiger partial charge in [0.1, 0.15) is 12.3 Å². The first-order valence-corrected chi connectivity index (χ1v) is 12.6. The van der Waals surface area contributed by atoms with Crippen LogP contribution in [-0.2, 0) is 27.2 Å². The van der Waals surface area contributed by atoms with Gasteiger partial charge >= 0.3 is 5.97 Å². The van der Waals surface area contributed by atoms with Crippen molar-refractivity contribution in [3.8, 4) is 22.4 Å². The molecule has 0 bridgehead atoms. The standard InChI is InChI=1S/C29H36N2O4/c1-21-7-6-10-25(17-21)28-26(15-16-34-2)31(30-29(28)24-8-4-3-5-9-24)18-22-11-13-23(14-12-22)19-35-20-27(32)33/h3-10,17,22-23H,11-16,18-20H2,1-2H3,(H,32,33)/t22-,23+. The van der Waals surface area contributed by atoms with E-state index in [1.54, 1.807) is 7.11 Å². The van der Waals surface area contributed by atoms with Crippen LogP contribution in [0, 0.1) is 18.8 Å². The largest absolute Gasteiger partial charge is 0.480 e. The molecule has 1 N–H and O–H groups in total. The van der Waals surface area contributed by atoms with E-state index >= 15 is 0 Å². The Morgan fingerprint density at radius 2 is 1.74 bits per heavy atom. The Bertz CT molecular complexity index is 1100. The molecule has 186 valence electrons. The molecule has 2 aromatic carbocycles. The van der Waals surface area contributed by atoms with Crippen molar-refractivity contribution in [2.45, 2.75) is 45.6 Å². The summed E-state index contributed by atoms with van der Waals surface area (Å²) in [4.78, 5) is 10.7. The summed E-state index contributed by atoms with van der Waals surface area (Å²) in [5.74, 6) is 0.0828. The van der Waals surface area contributed by atoms with E-state index in [1.165, 1.54) is 22.4 Å². The molecule has 0 radical (unpaired) electrons. The van der Waals surface area contributed by atoms with Crippen molar-refractivity contribution in [1.82, 2.24) is 9.78 Å². The lowest BCUT2D eigenvalue weighted by Gasteiger charge is -2.28. The molecular weight excluding hydrogens is 440 g/mol. The van der Waals surface area contributed by atoms with Crippen LogP contribution in [0.25, 0.3) is 22.4 Å². The SMILES string of the molecule is COCCc1c(-c2cccc(C)c2)c(-c2ccccc2)nn1C[C@H]1CC[C@@H](COCC(=O)O)CC1. The van der Waals surface area contributed by atoms with Gasteiger partial charge in [-0.15, -0.1) is 0 Å². The predicted molar refractivity (Wildman–Crippen MR) is 137 cm³/mol. The molecule has 4 rings (SSSR count). The van der Waals surface area contributed by atoms with Gasteiger partial charge in [-0.1, -0.05) is 60.2 Å². The van der Waals surface area contributed by atoms with Gasteiger partial charge in [-0.3, -0.25) is 4.68 Å². The molecule has 0 aliphatic heterocycles. The summed E-state index contributed by atoms with van der Waals surface area (Å²) < 4.78 is 13.1. The second-order valence-electron chi connectivity index (χ2n) is 9.63. The maximum absolute atomic E-state index is 10.7. The maximum Gasteiger partial charge on any atom is 0.329 e. The molecule has 1 aliphatic rings. The fourth-order valence-electron chi connectivity index (χ4n) is 5.14. The van der Waals surface area contributed by atoms with Gasteiger partial charge in [0.25, 0.3) is 0 Å². The molecular formula is C29H36N2O4. The van der Waals surface area contributed by atoms with E-state index < -0.39 is 5.97 Å².